The summed E-state index contributed by atoms with van der Waals surface area (Å²) < 4.78 is 0. The highest BCUT2D eigenvalue weighted by Gasteiger charge is 2.25. The van der Waals surface area contributed by atoms with E-state index in [4.69, 9.17) is 11.6 Å². The van der Waals surface area contributed by atoms with Gasteiger partial charge < -0.3 is 10.4 Å². The lowest BCUT2D eigenvalue weighted by atomic mass is 9.92. The molecule has 0 heterocycles. The molecule has 108 valence electrons. The molecule has 0 radical (unpaired) electrons. The van der Waals surface area contributed by atoms with Gasteiger partial charge in [-0.05, 0) is 25.0 Å². The Morgan fingerprint density at radius 3 is 2.75 bits per heavy atom. The summed E-state index contributed by atoms with van der Waals surface area (Å²) in [5.74, 6) is -0.435. The third-order valence-electron chi connectivity index (χ3n) is 3.45. The smallest absolute Gasteiger partial charge is 0.288 e. The van der Waals surface area contributed by atoms with Crippen LogP contribution in [0.15, 0.2) is 18.2 Å². The standard InChI is InChI=1S/C13H15ClN2O4/c14-9-6-5-8(7-11(9)16(19)20)13(18)15-10-3-1-2-4-12(10)17/h5-7,10,12,17H,1-4H2,(H,15,18)/t10-,12-/m0/s1. The fraction of sp³-hybridized carbons (Fsp3) is 0.462. The van der Waals surface area contributed by atoms with Crippen molar-refractivity contribution in [3.63, 3.8) is 0 Å². The zero-order chi connectivity index (χ0) is 14.7. The number of nitro benzene ring substituents is 1. The third-order valence-corrected chi connectivity index (χ3v) is 3.77. The van der Waals surface area contributed by atoms with E-state index in [0.717, 1.165) is 18.9 Å². The Morgan fingerprint density at radius 2 is 2.10 bits per heavy atom. The van der Waals surface area contributed by atoms with Crippen molar-refractivity contribution in [3.8, 4) is 0 Å². The quantitative estimate of drug-likeness (QED) is 0.661. The number of aliphatic hydroxyl groups is 1. The van der Waals surface area contributed by atoms with Gasteiger partial charge in [0.1, 0.15) is 5.02 Å². The van der Waals surface area contributed by atoms with E-state index >= 15 is 0 Å². The molecule has 1 aromatic rings. The van der Waals surface area contributed by atoms with Gasteiger partial charge in [0, 0.05) is 11.6 Å². The first-order chi connectivity index (χ1) is 9.49. The molecule has 1 aliphatic rings. The van der Waals surface area contributed by atoms with Crippen LogP contribution in [0.1, 0.15) is 36.0 Å². The Labute approximate surface area is 120 Å². The van der Waals surface area contributed by atoms with E-state index < -0.39 is 16.9 Å². The lowest BCUT2D eigenvalue weighted by molar-refractivity contribution is -0.384. The predicted octanol–water partition coefficient (Wildman–Crippen LogP) is 2.28. The molecule has 0 aliphatic heterocycles. The van der Waals surface area contributed by atoms with Crippen molar-refractivity contribution < 1.29 is 14.8 Å². The minimum Gasteiger partial charge on any atom is -0.391 e. The van der Waals surface area contributed by atoms with Crippen LogP contribution < -0.4 is 5.32 Å². The van der Waals surface area contributed by atoms with Crippen molar-refractivity contribution in [1.82, 2.24) is 5.32 Å². The number of rotatable bonds is 3. The van der Waals surface area contributed by atoms with Gasteiger partial charge in [-0.1, -0.05) is 24.4 Å². The molecule has 0 aromatic heterocycles. The molecule has 0 bridgehead atoms. The second-order valence-corrected chi connectivity index (χ2v) is 5.26. The molecule has 0 saturated heterocycles. The van der Waals surface area contributed by atoms with Gasteiger partial charge in [-0.3, -0.25) is 14.9 Å². The molecule has 6 nitrogen and oxygen atoms in total. The highest BCUT2D eigenvalue weighted by Crippen LogP contribution is 2.25. The summed E-state index contributed by atoms with van der Waals surface area (Å²) in [5, 5.41) is 23.3. The molecule has 1 saturated carbocycles. The van der Waals surface area contributed by atoms with Crippen molar-refractivity contribution in [2.24, 2.45) is 0 Å². The third kappa shape index (κ3) is 3.26. The number of amides is 1. The zero-order valence-corrected chi connectivity index (χ0v) is 11.5. The molecule has 0 spiro atoms. The van der Waals surface area contributed by atoms with Crippen LogP contribution >= 0.6 is 11.6 Å². The number of hydrogen-bond donors (Lipinski definition) is 2. The van der Waals surface area contributed by atoms with Crippen LogP contribution in [0.4, 0.5) is 5.69 Å². The van der Waals surface area contributed by atoms with E-state index in [2.05, 4.69) is 5.32 Å². The Morgan fingerprint density at radius 1 is 1.40 bits per heavy atom. The molecule has 1 amide bonds. The first-order valence-electron chi connectivity index (χ1n) is 6.42. The van der Waals surface area contributed by atoms with Crippen molar-refractivity contribution in [2.45, 2.75) is 37.8 Å². The Kier molecular flexibility index (Phi) is 4.57. The topological polar surface area (TPSA) is 92.5 Å². The van der Waals surface area contributed by atoms with Crippen LogP contribution in [0.2, 0.25) is 5.02 Å². The monoisotopic (exact) mass is 298 g/mol. The Hall–Kier alpha value is -1.66. The van der Waals surface area contributed by atoms with Crippen LogP contribution in [0, 0.1) is 10.1 Å². The number of aliphatic hydroxyl groups excluding tert-OH is 1. The van der Waals surface area contributed by atoms with Gasteiger partial charge in [-0.2, -0.15) is 0 Å². The maximum absolute atomic E-state index is 12.1. The van der Waals surface area contributed by atoms with Crippen LogP contribution in [-0.4, -0.2) is 28.1 Å². The summed E-state index contributed by atoms with van der Waals surface area (Å²) >= 11 is 5.70. The number of halogens is 1. The van der Waals surface area contributed by atoms with Crippen LogP contribution in [0.3, 0.4) is 0 Å². The fourth-order valence-electron chi connectivity index (χ4n) is 2.33. The van der Waals surface area contributed by atoms with E-state index in [1.54, 1.807) is 0 Å². The number of nitrogens with zero attached hydrogens (tertiary/aromatic N) is 1. The van der Waals surface area contributed by atoms with Crippen molar-refractivity contribution >= 4 is 23.2 Å². The van der Waals surface area contributed by atoms with Crippen LogP contribution in [0.25, 0.3) is 0 Å². The molecule has 1 fully saturated rings. The van der Waals surface area contributed by atoms with Crippen molar-refractivity contribution in [2.75, 3.05) is 0 Å². The fourth-order valence-corrected chi connectivity index (χ4v) is 2.51. The molecule has 2 rings (SSSR count). The summed E-state index contributed by atoms with van der Waals surface area (Å²) in [4.78, 5) is 22.2. The molecule has 1 aromatic carbocycles. The summed E-state index contributed by atoms with van der Waals surface area (Å²) in [6.07, 6.45) is 2.70. The van der Waals surface area contributed by atoms with Gasteiger partial charge in [-0.15, -0.1) is 0 Å². The van der Waals surface area contributed by atoms with Gasteiger partial charge >= 0.3 is 0 Å². The largest absolute Gasteiger partial charge is 0.391 e. The number of carbonyl (C=O) groups excluding carboxylic acids is 1. The zero-order valence-electron chi connectivity index (χ0n) is 10.7. The molecule has 2 atom stereocenters. The summed E-state index contributed by atoms with van der Waals surface area (Å²) in [5.41, 5.74) is -0.137. The molecule has 0 unspecified atom stereocenters. The molecule has 20 heavy (non-hydrogen) atoms. The normalized spacial score (nSPS) is 22.3. The van der Waals surface area contributed by atoms with E-state index in [-0.39, 0.29) is 22.3 Å². The number of nitrogens with one attached hydrogen (secondary N) is 1. The number of nitro groups is 1. The Bertz CT molecular complexity index is 535. The number of benzene rings is 1. The highest BCUT2D eigenvalue weighted by atomic mass is 35.5. The maximum Gasteiger partial charge on any atom is 0.288 e. The average Bonchev–Trinajstić information content (AvgIpc) is 2.41. The molecule has 1 aliphatic carbocycles. The van der Waals surface area contributed by atoms with Crippen LogP contribution in [0.5, 0.6) is 0 Å². The van der Waals surface area contributed by atoms with Gasteiger partial charge in [0.05, 0.1) is 17.1 Å². The minimum absolute atomic E-state index is 0.00995. The van der Waals surface area contributed by atoms with E-state index in [1.165, 1.54) is 12.1 Å². The summed E-state index contributed by atoms with van der Waals surface area (Å²) in [7, 11) is 0. The Balaban J connectivity index is 2.13. The van der Waals surface area contributed by atoms with Crippen molar-refractivity contribution in [1.29, 1.82) is 0 Å². The van der Waals surface area contributed by atoms with Crippen molar-refractivity contribution in [3.05, 3.63) is 38.9 Å². The predicted molar refractivity (Wildman–Crippen MR) is 73.8 cm³/mol. The van der Waals surface area contributed by atoms with Gasteiger partial charge in [0.2, 0.25) is 0 Å². The second-order valence-electron chi connectivity index (χ2n) is 4.86. The average molecular weight is 299 g/mol. The molecule has 7 heteroatoms. The number of hydrogen-bond acceptors (Lipinski definition) is 4. The molecular formula is C13H15ClN2O4. The second kappa shape index (κ2) is 6.19. The summed E-state index contributed by atoms with van der Waals surface area (Å²) in [6.45, 7) is 0. The molecule has 2 N–H and O–H groups in total. The molecular weight excluding hydrogens is 284 g/mol. The van der Waals surface area contributed by atoms with E-state index in [9.17, 15) is 20.0 Å². The first-order valence-corrected chi connectivity index (χ1v) is 6.79. The van der Waals surface area contributed by atoms with Gasteiger partial charge in [0.25, 0.3) is 11.6 Å². The lowest BCUT2D eigenvalue weighted by Crippen LogP contribution is -2.45. The lowest BCUT2D eigenvalue weighted by Gasteiger charge is -2.28. The van der Waals surface area contributed by atoms with Gasteiger partial charge in [0.15, 0.2) is 0 Å². The minimum atomic E-state index is -0.630. The maximum atomic E-state index is 12.1. The van der Waals surface area contributed by atoms with E-state index in [1.807, 2.05) is 0 Å². The van der Waals surface area contributed by atoms with Gasteiger partial charge in [-0.25, -0.2) is 0 Å². The van der Waals surface area contributed by atoms with Crippen LogP contribution in [-0.2, 0) is 0 Å². The van der Waals surface area contributed by atoms with E-state index in [0.29, 0.717) is 12.8 Å². The SMILES string of the molecule is O=C(N[C@H]1CCCC[C@@H]1O)c1ccc(Cl)c([N+](=O)[O-])c1. The first kappa shape index (κ1) is 14.7. The summed E-state index contributed by atoms with van der Waals surface area (Å²) in [6, 6.07) is 3.60. The number of carbonyl (C=O) groups is 1. The highest BCUT2D eigenvalue weighted by molar-refractivity contribution is 6.32.